The molecule has 0 aliphatic carbocycles. The van der Waals surface area contributed by atoms with E-state index in [1.807, 2.05) is 28.5 Å². The molecule has 7 nitrogen and oxygen atoms in total. The third kappa shape index (κ3) is 2.48. The van der Waals surface area contributed by atoms with Gasteiger partial charge < -0.3 is 4.90 Å². The van der Waals surface area contributed by atoms with Crippen LogP contribution in [0.25, 0.3) is 10.6 Å². The van der Waals surface area contributed by atoms with Gasteiger partial charge in [-0.05, 0) is 43.2 Å². The summed E-state index contributed by atoms with van der Waals surface area (Å²) in [5.74, 6) is 0.0402. The van der Waals surface area contributed by atoms with Gasteiger partial charge in [-0.25, -0.2) is 0 Å². The van der Waals surface area contributed by atoms with E-state index in [9.17, 15) is 4.79 Å². The van der Waals surface area contributed by atoms with Gasteiger partial charge in [-0.2, -0.15) is 20.1 Å². The number of amides is 1. The summed E-state index contributed by atoms with van der Waals surface area (Å²) in [5, 5.41) is 17.9. The first-order valence-electron chi connectivity index (χ1n) is 8.57. The molecule has 128 valence electrons. The fourth-order valence-corrected chi connectivity index (χ4v) is 4.90. The summed E-state index contributed by atoms with van der Waals surface area (Å²) in [7, 11) is 0. The lowest BCUT2D eigenvalue weighted by molar-refractivity contribution is 0.0506. The highest BCUT2D eigenvalue weighted by Gasteiger charge is 2.44. The Labute approximate surface area is 148 Å². The number of aromatic nitrogens is 5. The van der Waals surface area contributed by atoms with Crippen molar-refractivity contribution in [3.8, 4) is 10.6 Å². The number of aromatic amines is 1. The molecule has 2 unspecified atom stereocenters. The van der Waals surface area contributed by atoms with Crippen LogP contribution in [0.1, 0.15) is 42.2 Å². The molecule has 0 radical (unpaired) electrons. The molecule has 2 aliphatic rings. The molecule has 1 amide bonds. The van der Waals surface area contributed by atoms with E-state index in [0.717, 1.165) is 36.3 Å². The Kier molecular flexibility index (Phi) is 3.44. The van der Waals surface area contributed by atoms with Gasteiger partial charge in [0.15, 0.2) is 5.69 Å². The van der Waals surface area contributed by atoms with Crippen LogP contribution >= 0.6 is 11.3 Å². The summed E-state index contributed by atoms with van der Waals surface area (Å²) < 4.78 is 0. The van der Waals surface area contributed by atoms with E-state index in [2.05, 4.69) is 20.4 Å². The zero-order chi connectivity index (χ0) is 16.8. The van der Waals surface area contributed by atoms with Crippen LogP contribution in [0, 0.1) is 0 Å². The van der Waals surface area contributed by atoms with Gasteiger partial charge in [-0.3, -0.25) is 9.89 Å². The molecule has 5 rings (SSSR count). The molecular formula is C17H18N6OS. The summed E-state index contributed by atoms with van der Waals surface area (Å²) in [6, 6.07) is 6.69. The zero-order valence-corrected chi connectivity index (χ0v) is 14.4. The quantitative estimate of drug-likeness (QED) is 0.784. The van der Waals surface area contributed by atoms with Crippen LogP contribution in [0.3, 0.4) is 0 Å². The maximum Gasteiger partial charge on any atom is 0.274 e. The molecule has 8 heteroatoms. The van der Waals surface area contributed by atoms with Crippen molar-refractivity contribution in [2.45, 2.75) is 43.8 Å². The number of nitrogens with one attached hydrogen (secondary N) is 1. The van der Waals surface area contributed by atoms with Gasteiger partial charge in [0.25, 0.3) is 5.91 Å². The molecule has 2 aliphatic heterocycles. The average molecular weight is 354 g/mol. The van der Waals surface area contributed by atoms with Gasteiger partial charge in [0, 0.05) is 12.1 Å². The molecule has 2 fully saturated rings. The summed E-state index contributed by atoms with van der Waals surface area (Å²) in [4.78, 5) is 18.0. The number of rotatable bonds is 3. The van der Waals surface area contributed by atoms with Crippen molar-refractivity contribution in [2.75, 3.05) is 0 Å². The average Bonchev–Trinajstić information content (AvgIpc) is 3.41. The molecule has 2 atom stereocenters. The number of carbonyl (C=O) groups is 1. The fourth-order valence-electron chi connectivity index (χ4n) is 4.20. The number of H-pyrrole nitrogens is 1. The summed E-state index contributed by atoms with van der Waals surface area (Å²) in [5.41, 5.74) is 1.41. The predicted octanol–water partition coefficient (Wildman–Crippen LogP) is 2.74. The molecular weight excluding hydrogens is 336 g/mol. The van der Waals surface area contributed by atoms with Gasteiger partial charge in [0.05, 0.1) is 29.0 Å². The number of carbonyl (C=O) groups excluding carboxylic acids is 1. The van der Waals surface area contributed by atoms with Gasteiger partial charge >= 0.3 is 0 Å². The van der Waals surface area contributed by atoms with Crippen molar-refractivity contribution in [3.63, 3.8) is 0 Å². The Morgan fingerprint density at radius 2 is 1.92 bits per heavy atom. The molecule has 0 aromatic carbocycles. The summed E-state index contributed by atoms with van der Waals surface area (Å²) in [6.45, 7) is 0. The number of piperidine rings is 1. The Morgan fingerprint density at radius 1 is 1.16 bits per heavy atom. The van der Waals surface area contributed by atoms with E-state index < -0.39 is 0 Å². The van der Waals surface area contributed by atoms with E-state index in [-0.39, 0.29) is 24.0 Å². The highest BCUT2D eigenvalue weighted by Crippen LogP contribution is 2.41. The highest BCUT2D eigenvalue weighted by molar-refractivity contribution is 7.13. The molecule has 3 aromatic heterocycles. The minimum absolute atomic E-state index is 0.0402. The van der Waals surface area contributed by atoms with Crippen LogP contribution in [0.4, 0.5) is 0 Å². The highest BCUT2D eigenvalue weighted by atomic mass is 32.1. The van der Waals surface area contributed by atoms with Crippen molar-refractivity contribution in [2.24, 2.45) is 0 Å². The molecule has 2 bridgehead atoms. The largest absolute Gasteiger partial charge is 0.331 e. The van der Waals surface area contributed by atoms with E-state index in [4.69, 9.17) is 0 Å². The molecule has 25 heavy (non-hydrogen) atoms. The van der Waals surface area contributed by atoms with Crippen molar-refractivity contribution in [1.82, 2.24) is 30.1 Å². The second-order valence-electron chi connectivity index (χ2n) is 6.72. The summed E-state index contributed by atoms with van der Waals surface area (Å²) in [6.07, 6.45) is 7.37. The van der Waals surface area contributed by atoms with Crippen LogP contribution in [0.15, 0.2) is 36.0 Å². The Hall–Kier alpha value is -2.48. The normalized spacial score (nSPS) is 25.4. The van der Waals surface area contributed by atoms with Crippen molar-refractivity contribution in [3.05, 3.63) is 41.7 Å². The summed E-state index contributed by atoms with van der Waals surface area (Å²) >= 11 is 1.64. The second kappa shape index (κ2) is 5.80. The maximum atomic E-state index is 13.0. The number of fused-ring (bicyclic) bond motifs is 2. The van der Waals surface area contributed by atoms with Crippen molar-refractivity contribution < 1.29 is 4.79 Å². The van der Waals surface area contributed by atoms with Crippen LogP contribution in [-0.4, -0.2) is 48.1 Å². The first-order valence-corrected chi connectivity index (χ1v) is 9.45. The van der Waals surface area contributed by atoms with Crippen LogP contribution in [0.2, 0.25) is 0 Å². The van der Waals surface area contributed by atoms with Crippen LogP contribution in [0.5, 0.6) is 0 Å². The molecule has 0 spiro atoms. The molecule has 1 N–H and O–H groups in total. The van der Waals surface area contributed by atoms with Crippen molar-refractivity contribution >= 4 is 17.2 Å². The minimum Gasteiger partial charge on any atom is -0.331 e. The Morgan fingerprint density at radius 3 is 2.60 bits per heavy atom. The number of nitrogens with zero attached hydrogens (tertiary/aromatic N) is 5. The Bertz CT molecular complexity index is 857. The first-order chi connectivity index (χ1) is 12.3. The van der Waals surface area contributed by atoms with E-state index in [0.29, 0.717) is 5.69 Å². The lowest BCUT2D eigenvalue weighted by Gasteiger charge is -2.38. The smallest absolute Gasteiger partial charge is 0.274 e. The second-order valence-corrected chi connectivity index (χ2v) is 7.66. The lowest BCUT2D eigenvalue weighted by atomic mass is 9.97. The third-order valence-electron chi connectivity index (χ3n) is 5.29. The zero-order valence-electron chi connectivity index (χ0n) is 13.6. The van der Waals surface area contributed by atoms with Gasteiger partial charge in [-0.1, -0.05) is 6.07 Å². The predicted molar refractivity (Wildman–Crippen MR) is 93.2 cm³/mol. The monoisotopic (exact) mass is 354 g/mol. The molecule has 2 saturated heterocycles. The molecule has 0 saturated carbocycles. The number of hydrogen-bond donors (Lipinski definition) is 1. The maximum absolute atomic E-state index is 13.0. The van der Waals surface area contributed by atoms with Crippen LogP contribution < -0.4 is 0 Å². The molecule has 3 aromatic rings. The van der Waals surface area contributed by atoms with E-state index >= 15 is 0 Å². The standard InChI is InChI=1S/C17H18N6OS/c24-17(15-10-14(20-21-15)16-2-1-7-25-16)22-11-3-4-12(22)9-13(8-11)23-18-5-6-19-23/h1-2,5-7,10-13H,3-4,8-9H2,(H,20,21). The van der Waals surface area contributed by atoms with Gasteiger partial charge in [0.1, 0.15) is 0 Å². The van der Waals surface area contributed by atoms with E-state index in [1.165, 1.54) is 0 Å². The lowest BCUT2D eigenvalue weighted by Crippen LogP contribution is -2.47. The Balaban J connectivity index is 1.37. The minimum atomic E-state index is 0.0402. The molecule has 5 heterocycles. The topological polar surface area (TPSA) is 79.7 Å². The van der Waals surface area contributed by atoms with Crippen molar-refractivity contribution in [1.29, 1.82) is 0 Å². The van der Waals surface area contributed by atoms with Crippen LogP contribution in [-0.2, 0) is 0 Å². The first kappa shape index (κ1) is 14.8. The SMILES string of the molecule is O=C(c1cc(-c2cccs2)[nH]n1)N1C2CCC1CC(n1nccn1)C2. The number of thiophene rings is 1. The van der Waals surface area contributed by atoms with Gasteiger partial charge in [0.2, 0.25) is 0 Å². The van der Waals surface area contributed by atoms with E-state index in [1.54, 1.807) is 28.5 Å². The number of hydrogen-bond acceptors (Lipinski definition) is 5. The third-order valence-corrected chi connectivity index (χ3v) is 6.19. The van der Waals surface area contributed by atoms with Gasteiger partial charge in [-0.15, -0.1) is 11.3 Å². The fraction of sp³-hybridized carbons (Fsp3) is 0.412.